The Bertz CT molecular complexity index is 594. The van der Waals surface area contributed by atoms with Gasteiger partial charge >= 0.3 is 0 Å². The second-order valence-electron chi connectivity index (χ2n) is 3.58. The van der Waals surface area contributed by atoms with Crippen LogP contribution in [0.3, 0.4) is 0 Å². The van der Waals surface area contributed by atoms with E-state index in [-0.39, 0.29) is 11.6 Å². The molecule has 0 N–H and O–H groups in total. The molecule has 2 rings (SSSR count). The van der Waals surface area contributed by atoms with Crippen molar-refractivity contribution in [1.29, 1.82) is 0 Å². The molecule has 1 aliphatic carbocycles. The number of ketones is 2. The molecule has 1 aromatic rings. The third kappa shape index (κ3) is 1.72. The topological polar surface area (TPSA) is 34.1 Å². The van der Waals surface area contributed by atoms with Crippen molar-refractivity contribution in [2.45, 2.75) is 0 Å². The van der Waals surface area contributed by atoms with E-state index in [1.165, 1.54) is 12.2 Å². The van der Waals surface area contributed by atoms with Gasteiger partial charge in [-0.25, -0.2) is 0 Å². The van der Waals surface area contributed by atoms with Gasteiger partial charge in [-0.3, -0.25) is 9.59 Å². The van der Waals surface area contributed by atoms with E-state index < -0.39 is 0 Å². The predicted octanol–water partition coefficient (Wildman–Crippen LogP) is 3.50. The summed E-state index contributed by atoms with van der Waals surface area (Å²) in [6.07, 6.45) is 2.81. The normalized spacial score (nSPS) is 14.6. The summed E-state index contributed by atoms with van der Waals surface area (Å²) >= 11 is 3.29. The van der Waals surface area contributed by atoms with Crippen LogP contribution < -0.4 is 0 Å². The number of hydrogen-bond donors (Lipinski definition) is 0. The predicted molar refractivity (Wildman–Crippen MR) is 70.2 cm³/mol. The van der Waals surface area contributed by atoms with Crippen LogP contribution in [-0.4, -0.2) is 11.6 Å². The summed E-state index contributed by atoms with van der Waals surface area (Å²) in [4.78, 5) is 24.3. The molecule has 0 aromatic heterocycles. The van der Waals surface area contributed by atoms with Gasteiger partial charge in [0.05, 0.1) is 0 Å². The minimum absolute atomic E-state index is 0.183. The Morgan fingerprint density at radius 2 is 1.47 bits per heavy atom. The summed E-state index contributed by atoms with van der Waals surface area (Å²) in [7, 11) is 0. The molecule has 0 fully saturated rings. The highest BCUT2D eigenvalue weighted by Gasteiger charge is 2.29. The standard InChI is InChI=1S/C14H9BrO2/c1-3-9-10(4-2)14(17)12-7-8(15)5-6-11(12)13(9)16/h3-7H,1-2H2. The van der Waals surface area contributed by atoms with Gasteiger partial charge in [0, 0.05) is 26.7 Å². The van der Waals surface area contributed by atoms with E-state index in [0.29, 0.717) is 22.3 Å². The molecule has 3 heteroatoms. The fourth-order valence-electron chi connectivity index (χ4n) is 1.84. The van der Waals surface area contributed by atoms with Crippen LogP contribution in [0.4, 0.5) is 0 Å². The van der Waals surface area contributed by atoms with Crippen LogP contribution in [0.25, 0.3) is 0 Å². The maximum absolute atomic E-state index is 12.2. The molecule has 0 saturated heterocycles. The minimum atomic E-state index is -0.189. The smallest absolute Gasteiger partial charge is 0.194 e. The number of carbonyl (C=O) groups excluding carboxylic acids is 2. The Morgan fingerprint density at radius 3 is 2.00 bits per heavy atom. The Morgan fingerprint density at radius 1 is 0.941 bits per heavy atom. The molecule has 0 unspecified atom stereocenters. The van der Waals surface area contributed by atoms with Gasteiger partial charge in [-0.1, -0.05) is 41.2 Å². The number of allylic oxidation sites excluding steroid dienone is 4. The first-order valence-corrected chi connectivity index (χ1v) is 5.77. The van der Waals surface area contributed by atoms with Gasteiger partial charge in [0.15, 0.2) is 11.6 Å². The van der Waals surface area contributed by atoms with Crippen LogP contribution in [0, 0.1) is 0 Å². The highest BCUT2D eigenvalue weighted by Crippen LogP contribution is 2.29. The van der Waals surface area contributed by atoms with Crippen LogP contribution in [0.5, 0.6) is 0 Å². The van der Waals surface area contributed by atoms with Gasteiger partial charge < -0.3 is 0 Å². The number of Topliss-reactive ketones (excluding diaryl/α,β-unsaturated/α-hetero) is 2. The van der Waals surface area contributed by atoms with E-state index in [9.17, 15) is 9.59 Å². The van der Waals surface area contributed by atoms with Crippen molar-refractivity contribution in [3.63, 3.8) is 0 Å². The van der Waals surface area contributed by atoms with E-state index in [2.05, 4.69) is 29.1 Å². The maximum Gasteiger partial charge on any atom is 0.194 e. The zero-order valence-corrected chi connectivity index (χ0v) is 10.6. The molecule has 17 heavy (non-hydrogen) atoms. The molecule has 0 bridgehead atoms. The van der Waals surface area contributed by atoms with Crippen LogP contribution >= 0.6 is 15.9 Å². The van der Waals surface area contributed by atoms with Gasteiger partial charge in [0.25, 0.3) is 0 Å². The summed E-state index contributed by atoms with van der Waals surface area (Å²) in [5, 5.41) is 0. The van der Waals surface area contributed by atoms with E-state index in [1.807, 2.05) is 0 Å². The average Bonchev–Trinajstić information content (AvgIpc) is 2.33. The first kappa shape index (κ1) is 11.7. The van der Waals surface area contributed by atoms with Crippen molar-refractivity contribution in [2.75, 3.05) is 0 Å². The van der Waals surface area contributed by atoms with Crippen molar-refractivity contribution in [3.05, 3.63) is 70.3 Å². The Labute approximate surface area is 107 Å². The van der Waals surface area contributed by atoms with Crippen LogP contribution in [0.2, 0.25) is 0 Å². The molecule has 0 aliphatic heterocycles. The van der Waals surface area contributed by atoms with Gasteiger partial charge in [-0.15, -0.1) is 0 Å². The highest BCUT2D eigenvalue weighted by atomic mass is 79.9. The molecule has 1 aromatic carbocycles. The molecule has 0 heterocycles. The molecule has 0 spiro atoms. The summed E-state index contributed by atoms with van der Waals surface area (Å²) in [5.41, 5.74) is 1.46. The molecule has 0 radical (unpaired) electrons. The second-order valence-corrected chi connectivity index (χ2v) is 4.50. The highest BCUT2D eigenvalue weighted by molar-refractivity contribution is 9.10. The fraction of sp³-hybridized carbons (Fsp3) is 0. The summed E-state index contributed by atoms with van der Waals surface area (Å²) in [6, 6.07) is 5.03. The third-order valence-corrected chi connectivity index (χ3v) is 3.15. The van der Waals surface area contributed by atoms with Crippen molar-refractivity contribution in [2.24, 2.45) is 0 Å². The number of rotatable bonds is 2. The van der Waals surface area contributed by atoms with Crippen LogP contribution in [0.15, 0.2) is 59.1 Å². The summed E-state index contributed by atoms with van der Waals surface area (Å²) in [6.45, 7) is 7.14. The zero-order valence-electron chi connectivity index (χ0n) is 9.00. The minimum Gasteiger partial charge on any atom is -0.289 e. The van der Waals surface area contributed by atoms with E-state index in [4.69, 9.17) is 0 Å². The second kappa shape index (κ2) is 4.26. The fourth-order valence-corrected chi connectivity index (χ4v) is 2.20. The Hall–Kier alpha value is -1.74. The quantitative estimate of drug-likeness (QED) is 0.835. The molecule has 0 atom stereocenters. The summed E-state index contributed by atoms with van der Waals surface area (Å²) in [5.74, 6) is -0.372. The van der Waals surface area contributed by atoms with E-state index in [1.54, 1.807) is 18.2 Å². The van der Waals surface area contributed by atoms with E-state index in [0.717, 1.165) is 4.47 Å². The lowest BCUT2D eigenvalue weighted by atomic mass is 9.84. The summed E-state index contributed by atoms with van der Waals surface area (Å²) < 4.78 is 0.767. The van der Waals surface area contributed by atoms with Crippen LogP contribution in [0.1, 0.15) is 20.7 Å². The van der Waals surface area contributed by atoms with Crippen molar-refractivity contribution in [1.82, 2.24) is 0 Å². The zero-order chi connectivity index (χ0) is 12.6. The molecule has 0 amide bonds. The van der Waals surface area contributed by atoms with Crippen molar-refractivity contribution in [3.8, 4) is 0 Å². The molecule has 1 aliphatic rings. The average molecular weight is 289 g/mol. The molecule has 2 nitrogen and oxygen atoms in total. The SMILES string of the molecule is C=CC1=C(C=C)C(=O)c2cc(Br)ccc2C1=O. The number of benzene rings is 1. The largest absolute Gasteiger partial charge is 0.289 e. The molecule has 0 saturated carbocycles. The monoisotopic (exact) mass is 288 g/mol. The van der Waals surface area contributed by atoms with Gasteiger partial charge in [0.2, 0.25) is 0 Å². The first-order chi connectivity index (χ1) is 8.10. The number of halogens is 1. The van der Waals surface area contributed by atoms with E-state index >= 15 is 0 Å². The van der Waals surface area contributed by atoms with Gasteiger partial charge in [0.1, 0.15) is 0 Å². The maximum atomic E-state index is 12.2. The Kier molecular flexibility index (Phi) is 2.94. The van der Waals surface area contributed by atoms with Gasteiger partial charge in [-0.2, -0.15) is 0 Å². The molecular weight excluding hydrogens is 280 g/mol. The first-order valence-electron chi connectivity index (χ1n) is 4.98. The van der Waals surface area contributed by atoms with Gasteiger partial charge in [-0.05, 0) is 18.2 Å². The number of hydrogen-bond acceptors (Lipinski definition) is 2. The lowest BCUT2D eigenvalue weighted by Gasteiger charge is -2.17. The molecule has 84 valence electrons. The van der Waals surface area contributed by atoms with Crippen molar-refractivity contribution < 1.29 is 9.59 Å². The number of carbonyl (C=O) groups is 2. The van der Waals surface area contributed by atoms with Crippen LogP contribution in [-0.2, 0) is 0 Å². The number of fused-ring (bicyclic) bond motifs is 1. The molecular formula is C14H9BrO2. The third-order valence-electron chi connectivity index (χ3n) is 2.66. The Balaban J connectivity index is 2.76. The van der Waals surface area contributed by atoms with Crippen molar-refractivity contribution >= 4 is 27.5 Å². The lowest BCUT2D eigenvalue weighted by molar-refractivity contribution is 0.0980. The lowest BCUT2D eigenvalue weighted by Crippen LogP contribution is -2.20.